The molecular formula is C17H13BrO3. The van der Waals surface area contributed by atoms with Crippen molar-refractivity contribution in [2.75, 3.05) is 0 Å². The molecule has 0 aliphatic rings. The van der Waals surface area contributed by atoms with Gasteiger partial charge in [0.1, 0.15) is 17.1 Å². The van der Waals surface area contributed by atoms with Crippen LogP contribution in [0.2, 0.25) is 0 Å². The second kappa shape index (κ2) is 5.37. The zero-order valence-electron chi connectivity index (χ0n) is 11.4. The molecule has 2 aromatic carbocycles. The van der Waals surface area contributed by atoms with Crippen molar-refractivity contribution in [3.8, 4) is 5.75 Å². The largest absolute Gasteiger partial charge is 0.508 e. The third kappa shape index (κ3) is 2.47. The molecule has 106 valence electrons. The predicted octanol–water partition coefficient (Wildman–Crippen LogP) is 4.69. The van der Waals surface area contributed by atoms with Gasteiger partial charge in [0.2, 0.25) is 0 Å². The average Bonchev–Trinajstić information content (AvgIpc) is 2.84. The van der Waals surface area contributed by atoms with Gasteiger partial charge in [0.05, 0.1) is 5.56 Å². The second-order valence-electron chi connectivity index (χ2n) is 4.77. The van der Waals surface area contributed by atoms with E-state index < -0.39 is 0 Å². The van der Waals surface area contributed by atoms with E-state index in [0.29, 0.717) is 28.9 Å². The Hall–Kier alpha value is -2.07. The fourth-order valence-corrected chi connectivity index (χ4v) is 2.72. The number of rotatable bonds is 3. The molecule has 0 saturated carbocycles. The molecule has 0 aliphatic carbocycles. The molecule has 21 heavy (non-hydrogen) atoms. The number of furan rings is 1. The van der Waals surface area contributed by atoms with Crippen LogP contribution in [0.1, 0.15) is 28.6 Å². The zero-order chi connectivity index (χ0) is 15.0. The molecule has 0 amide bonds. The van der Waals surface area contributed by atoms with E-state index in [4.69, 9.17) is 4.42 Å². The molecule has 0 bridgehead atoms. The summed E-state index contributed by atoms with van der Waals surface area (Å²) in [4.78, 5) is 12.7. The molecule has 0 aliphatic heterocycles. The molecular weight excluding hydrogens is 332 g/mol. The lowest BCUT2D eigenvalue weighted by Gasteiger charge is -2.02. The van der Waals surface area contributed by atoms with E-state index in [2.05, 4.69) is 15.9 Å². The lowest BCUT2D eigenvalue weighted by molar-refractivity contribution is 0.103. The van der Waals surface area contributed by atoms with E-state index in [1.54, 1.807) is 12.1 Å². The van der Waals surface area contributed by atoms with E-state index in [9.17, 15) is 9.90 Å². The lowest BCUT2D eigenvalue weighted by atomic mass is 9.99. The van der Waals surface area contributed by atoms with Crippen LogP contribution in [0.25, 0.3) is 11.0 Å². The Bertz CT molecular complexity index is 816. The number of fused-ring (bicyclic) bond motifs is 1. The van der Waals surface area contributed by atoms with Gasteiger partial charge in [0.25, 0.3) is 0 Å². The van der Waals surface area contributed by atoms with Gasteiger partial charge >= 0.3 is 0 Å². The molecule has 0 radical (unpaired) electrons. The Labute approximate surface area is 130 Å². The molecule has 3 rings (SSSR count). The first-order valence-electron chi connectivity index (χ1n) is 6.65. The van der Waals surface area contributed by atoms with Crippen molar-refractivity contribution in [3.05, 3.63) is 63.8 Å². The van der Waals surface area contributed by atoms with Crippen LogP contribution >= 0.6 is 15.9 Å². The third-order valence-electron chi connectivity index (χ3n) is 3.40. The second-order valence-corrected chi connectivity index (χ2v) is 5.69. The van der Waals surface area contributed by atoms with Gasteiger partial charge in [0, 0.05) is 21.8 Å². The number of hydrogen-bond acceptors (Lipinski definition) is 3. The van der Waals surface area contributed by atoms with Crippen LogP contribution in [0, 0.1) is 0 Å². The van der Waals surface area contributed by atoms with Gasteiger partial charge in [-0.15, -0.1) is 0 Å². The van der Waals surface area contributed by atoms with Gasteiger partial charge in [-0.25, -0.2) is 0 Å². The average molecular weight is 345 g/mol. The van der Waals surface area contributed by atoms with Crippen LogP contribution in [-0.2, 0) is 6.42 Å². The topological polar surface area (TPSA) is 50.4 Å². The third-order valence-corrected chi connectivity index (χ3v) is 3.90. The van der Waals surface area contributed by atoms with Gasteiger partial charge in [-0.3, -0.25) is 4.79 Å². The fourth-order valence-electron chi connectivity index (χ4n) is 2.38. The van der Waals surface area contributed by atoms with Gasteiger partial charge < -0.3 is 9.52 Å². The number of aryl methyl sites for hydroxylation is 1. The number of benzene rings is 2. The van der Waals surface area contributed by atoms with E-state index in [0.717, 1.165) is 9.86 Å². The van der Waals surface area contributed by atoms with E-state index >= 15 is 0 Å². The standard InChI is InChI=1S/C17H13BrO3/c1-2-14-16(13-8-5-11(18)9-15(13)21-14)17(20)10-3-6-12(19)7-4-10/h3-9,19H,2H2,1H3. The van der Waals surface area contributed by atoms with Gasteiger partial charge in [-0.1, -0.05) is 22.9 Å². The zero-order valence-corrected chi connectivity index (χ0v) is 13.0. The molecule has 3 nitrogen and oxygen atoms in total. The first-order valence-corrected chi connectivity index (χ1v) is 7.44. The van der Waals surface area contributed by atoms with E-state index in [1.165, 1.54) is 12.1 Å². The number of ketones is 1. The van der Waals surface area contributed by atoms with Crippen molar-refractivity contribution in [2.45, 2.75) is 13.3 Å². The molecule has 0 fully saturated rings. The number of carbonyl (C=O) groups excluding carboxylic acids is 1. The molecule has 0 unspecified atom stereocenters. The lowest BCUT2D eigenvalue weighted by Crippen LogP contribution is -2.03. The summed E-state index contributed by atoms with van der Waals surface area (Å²) in [5.74, 6) is 0.734. The van der Waals surface area contributed by atoms with Crippen molar-refractivity contribution >= 4 is 32.7 Å². The smallest absolute Gasteiger partial charge is 0.197 e. The summed E-state index contributed by atoms with van der Waals surface area (Å²) in [5.41, 5.74) is 1.84. The molecule has 0 spiro atoms. The van der Waals surface area contributed by atoms with E-state index in [1.807, 2.05) is 25.1 Å². The number of phenolic OH excluding ortho intramolecular Hbond substituents is 1. The first kappa shape index (κ1) is 13.9. The summed E-state index contributed by atoms with van der Waals surface area (Å²) in [7, 11) is 0. The molecule has 4 heteroatoms. The maximum Gasteiger partial charge on any atom is 0.197 e. The van der Waals surface area contributed by atoms with Gasteiger partial charge in [-0.2, -0.15) is 0 Å². The number of carbonyl (C=O) groups is 1. The minimum Gasteiger partial charge on any atom is -0.508 e. The van der Waals surface area contributed by atoms with E-state index in [-0.39, 0.29) is 11.5 Å². The number of halogens is 1. The Balaban J connectivity index is 2.18. The van der Waals surface area contributed by atoms with Gasteiger partial charge in [0.15, 0.2) is 5.78 Å². The normalized spacial score (nSPS) is 11.0. The van der Waals surface area contributed by atoms with Crippen LogP contribution in [0.4, 0.5) is 0 Å². The van der Waals surface area contributed by atoms with Crippen molar-refractivity contribution in [3.63, 3.8) is 0 Å². The van der Waals surface area contributed by atoms with Crippen molar-refractivity contribution in [2.24, 2.45) is 0 Å². The van der Waals surface area contributed by atoms with Crippen LogP contribution in [0.3, 0.4) is 0 Å². The van der Waals surface area contributed by atoms with Crippen molar-refractivity contribution in [1.82, 2.24) is 0 Å². The maximum atomic E-state index is 12.7. The quantitative estimate of drug-likeness (QED) is 0.701. The Morgan fingerprint density at radius 2 is 1.90 bits per heavy atom. The van der Waals surface area contributed by atoms with Crippen LogP contribution in [-0.4, -0.2) is 10.9 Å². The Kier molecular flexibility index (Phi) is 3.55. The molecule has 3 aromatic rings. The Morgan fingerprint density at radius 1 is 1.19 bits per heavy atom. The highest BCUT2D eigenvalue weighted by Gasteiger charge is 2.21. The summed E-state index contributed by atoms with van der Waals surface area (Å²) < 4.78 is 6.71. The van der Waals surface area contributed by atoms with Crippen molar-refractivity contribution in [1.29, 1.82) is 0 Å². The summed E-state index contributed by atoms with van der Waals surface area (Å²) in [6.07, 6.45) is 0.644. The predicted molar refractivity (Wildman–Crippen MR) is 84.8 cm³/mol. The molecule has 1 heterocycles. The highest BCUT2D eigenvalue weighted by molar-refractivity contribution is 9.10. The Morgan fingerprint density at radius 3 is 2.57 bits per heavy atom. The van der Waals surface area contributed by atoms with Crippen LogP contribution in [0.15, 0.2) is 51.4 Å². The molecule has 0 saturated heterocycles. The molecule has 0 atom stereocenters. The summed E-state index contributed by atoms with van der Waals surface area (Å²) in [6.45, 7) is 1.96. The number of phenols is 1. The maximum absolute atomic E-state index is 12.7. The number of hydrogen-bond donors (Lipinski definition) is 1. The van der Waals surface area contributed by atoms with Crippen molar-refractivity contribution < 1.29 is 14.3 Å². The van der Waals surface area contributed by atoms with Gasteiger partial charge in [-0.05, 0) is 42.5 Å². The fraction of sp³-hybridized carbons (Fsp3) is 0.118. The first-order chi connectivity index (χ1) is 10.1. The van der Waals surface area contributed by atoms with Crippen LogP contribution < -0.4 is 0 Å². The minimum absolute atomic E-state index is 0.0899. The highest BCUT2D eigenvalue weighted by Crippen LogP contribution is 2.31. The monoisotopic (exact) mass is 344 g/mol. The summed E-state index contributed by atoms with van der Waals surface area (Å²) in [6, 6.07) is 11.9. The minimum atomic E-state index is -0.0899. The number of aromatic hydroxyl groups is 1. The summed E-state index contributed by atoms with van der Waals surface area (Å²) in [5, 5.41) is 10.2. The van der Waals surface area contributed by atoms with Crippen LogP contribution in [0.5, 0.6) is 5.75 Å². The molecule has 1 N–H and O–H groups in total. The molecule has 1 aromatic heterocycles. The highest BCUT2D eigenvalue weighted by atomic mass is 79.9. The summed E-state index contributed by atoms with van der Waals surface area (Å²) >= 11 is 3.41. The SMILES string of the molecule is CCc1oc2cc(Br)ccc2c1C(=O)c1ccc(O)cc1.